The summed E-state index contributed by atoms with van der Waals surface area (Å²) in [4.78, 5) is 0. The molecule has 0 aliphatic carbocycles. The summed E-state index contributed by atoms with van der Waals surface area (Å²) in [6.45, 7) is 4.05. The molecule has 0 spiro atoms. The smallest absolute Gasteiger partial charge is 0.0723 e. The fraction of sp³-hybridized carbons (Fsp3) is 0.308. The molecule has 0 aliphatic heterocycles. The summed E-state index contributed by atoms with van der Waals surface area (Å²) in [7, 11) is 1.93. The molecular weight excluding hydrogens is 198 g/mol. The Balaban J connectivity index is 2.35. The Hall–Kier alpha value is -1.61. The van der Waals surface area contributed by atoms with E-state index < -0.39 is 0 Å². The molecule has 1 aromatic heterocycles. The van der Waals surface area contributed by atoms with Crippen LogP contribution in [0.3, 0.4) is 0 Å². The summed E-state index contributed by atoms with van der Waals surface area (Å²) in [6.07, 6.45) is 0. The molecular formula is C13H17N3. The minimum atomic E-state index is -0.105. The van der Waals surface area contributed by atoms with Crippen molar-refractivity contribution >= 4 is 0 Å². The van der Waals surface area contributed by atoms with Crippen molar-refractivity contribution in [1.82, 2.24) is 9.78 Å². The van der Waals surface area contributed by atoms with Gasteiger partial charge in [-0.15, -0.1) is 0 Å². The molecule has 0 radical (unpaired) electrons. The average molecular weight is 215 g/mol. The van der Waals surface area contributed by atoms with Crippen molar-refractivity contribution in [2.24, 2.45) is 12.8 Å². The number of nitrogens with two attached hydrogens (primary N) is 1. The van der Waals surface area contributed by atoms with Crippen molar-refractivity contribution in [2.45, 2.75) is 19.9 Å². The van der Waals surface area contributed by atoms with E-state index >= 15 is 0 Å². The van der Waals surface area contributed by atoms with Gasteiger partial charge in [-0.2, -0.15) is 5.10 Å². The van der Waals surface area contributed by atoms with Crippen LogP contribution in [-0.2, 0) is 7.05 Å². The van der Waals surface area contributed by atoms with Crippen LogP contribution in [0, 0.1) is 13.8 Å². The summed E-state index contributed by atoms with van der Waals surface area (Å²) in [5.41, 5.74) is 10.6. The Labute approximate surface area is 95.9 Å². The van der Waals surface area contributed by atoms with Crippen molar-refractivity contribution < 1.29 is 0 Å². The SMILES string of the molecule is Cc1ccc(C(N)c2cc(C)nn2C)cc1. The summed E-state index contributed by atoms with van der Waals surface area (Å²) in [6, 6.07) is 10.2. The van der Waals surface area contributed by atoms with Gasteiger partial charge in [0.2, 0.25) is 0 Å². The van der Waals surface area contributed by atoms with Crippen LogP contribution in [0.15, 0.2) is 30.3 Å². The largest absolute Gasteiger partial charge is 0.319 e. The molecule has 3 nitrogen and oxygen atoms in total. The molecule has 0 aliphatic rings. The fourth-order valence-corrected chi connectivity index (χ4v) is 1.87. The van der Waals surface area contributed by atoms with Gasteiger partial charge in [0.15, 0.2) is 0 Å². The third-order valence-electron chi connectivity index (χ3n) is 2.79. The number of aryl methyl sites for hydroxylation is 3. The van der Waals surface area contributed by atoms with Gasteiger partial charge in [0.05, 0.1) is 17.4 Å². The topological polar surface area (TPSA) is 43.8 Å². The van der Waals surface area contributed by atoms with Crippen LogP contribution in [0.4, 0.5) is 0 Å². The predicted octanol–water partition coefficient (Wildman–Crippen LogP) is 2.09. The highest BCUT2D eigenvalue weighted by atomic mass is 15.3. The highest BCUT2D eigenvalue weighted by molar-refractivity contribution is 5.30. The van der Waals surface area contributed by atoms with Crippen molar-refractivity contribution in [2.75, 3.05) is 0 Å². The minimum absolute atomic E-state index is 0.105. The first-order valence-electron chi connectivity index (χ1n) is 5.40. The maximum absolute atomic E-state index is 6.22. The zero-order chi connectivity index (χ0) is 11.7. The highest BCUT2D eigenvalue weighted by Crippen LogP contribution is 2.20. The molecule has 84 valence electrons. The average Bonchev–Trinajstić information content (AvgIpc) is 2.58. The van der Waals surface area contributed by atoms with Gasteiger partial charge in [-0.25, -0.2) is 0 Å². The Morgan fingerprint density at radius 3 is 2.31 bits per heavy atom. The maximum Gasteiger partial charge on any atom is 0.0723 e. The molecule has 1 aromatic carbocycles. The van der Waals surface area contributed by atoms with E-state index in [2.05, 4.69) is 36.3 Å². The Kier molecular flexibility index (Phi) is 2.79. The van der Waals surface area contributed by atoms with Gasteiger partial charge in [-0.1, -0.05) is 29.8 Å². The summed E-state index contributed by atoms with van der Waals surface area (Å²) in [5, 5.41) is 4.31. The molecule has 2 aromatic rings. The van der Waals surface area contributed by atoms with Gasteiger partial charge in [-0.3, -0.25) is 4.68 Å². The quantitative estimate of drug-likeness (QED) is 0.833. The lowest BCUT2D eigenvalue weighted by Gasteiger charge is -2.12. The van der Waals surface area contributed by atoms with E-state index in [9.17, 15) is 0 Å². The summed E-state index contributed by atoms with van der Waals surface area (Å²) >= 11 is 0. The molecule has 1 unspecified atom stereocenters. The zero-order valence-corrected chi connectivity index (χ0v) is 9.94. The zero-order valence-electron chi connectivity index (χ0n) is 9.94. The lowest BCUT2D eigenvalue weighted by Crippen LogP contribution is -2.15. The Morgan fingerprint density at radius 2 is 1.81 bits per heavy atom. The summed E-state index contributed by atoms with van der Waals surface area (Å²) in [5.74, 6) is 0. The lowest BCUT2D eigenvalue weighted by molar-refractivity contribution is 0.669. The molecule has 0 fully saturated rings. The molecule has 2 N–H and O–H groups in total. The van der Waals surface area contributed by atoms with Crippen LogP contribution in [0.2, 0.25) is 0 Å². The fourth-order valence-electron chi connectivity index (χ4n) is 1.87. The van der Waals surface area contributed by atoms with Gasteiger partial charge >= 0.3 is 0 Å². The maximum atomic E-state index is 6.22. The van der Waals surface area contributed by atoms with E-state index in [1.807, 2.05) is 24.7 Å². The molecule has 0 amide bonds. The summed E-state index contributed by atoms with van der Waals surface area (Å²) < 4.78 is 1.85. The molecule has 2 rings (SSSR count). The van der Waals surface area contributed by atoms with Gasteiger partial charge in [0.1, 0.15) is 0 Å². The number of nitrogens with zero attached hydrogens (tertiary/aromatic N) is 2. The number of hydrogen-bond donors (Lipinski definition) is 1. The third-order valence-corrected chi connectivity index (χ3v) is 2.79. The number of rotatable bonds is 2. The van der Waals surface area contributed by atoms with Crippen LogP contribution in [0.1, 0.15) is 28.6 Å². The normalized spacial score (nSPS) is 12.8. The van der Waals surface area contributed by atoms with Crippen molar-refractivity contribution in [3.63, 3.8) is 0 Å². The molecule has 0 saturated carbocycles. The predicted molar refractivity (Wildman–Crippen MR) is 65.2 cm³/mol. The standard InChI is InChI=1S/C13H17N3/c1-9-4-6-11(7-5-9)13(14)12-8-10(2)15-16(12)3/h4-8,13H,14H2,1-3H3. The second-order valence-electron chi connectivity index (χ2n) is 4.22. The number of aromatic nitrogens is 2. The van der Waals surface area contributed by atoms with Gasteiger partial charge in [-0.05, 0) is 25.5 Å². The molecule has 3 heteroatoms. The van der Waals surface area contributed by atoms with Crippen LogP contribution >= 0.6 is 0 Å². The first-order valence-corrected chi connectivity index (χ1v) is 5.40. The Morgan fingerprint density at radius 1 is 1.19 bits per heavy atom. The van der Waals surface area contributed by atoms with Crippen LogP contribution < -0.4 is 5.73 Å². The second kappa shape index (κ2) is 4.10. The highest BCUT2D eigenvalue weighted by Gasteiger charge is 2.13. The first-order chi connectivity index (χ1) is 7.58. The van der Waals surface area contributed by atoms with Crippen molar-refractivity contribution in [1.29, 1.82) is 0 Å². The Bertz CT molecular complexity index is 482. The monoisotopic (exact) mass is 215 g/mol. The van der Waals surface area contributed by atoms with E-state index in [-0.39, 0.29) is 6.04 Å². The number of benzene rings is 1. The number of hydrogen-bond acceptors (Lipinski definition) is 2. The van der Waals surface area contributed by atoms with E-state index in [0.717, 1.165) is 17.0 Å². The minimum Gasteiger partial charge on any atom is -0.319 e. The van der Waals surface area contributed by atoms with E-state index in [1.54, 1.807) is 0 Å². The van der Waals surface area contributed by atoms with E-state index in [1.165, 1.54) is 5.56 Å². The second-order valence-corrected chi connectivity index (χ2v) is 4.22. The van der Waals surface area contributed by atoms with Gasteiger partial charge in [0, 0.05) is 7.05 Å². The van der Waals surface area contributed by atoms with E-state index in [0.29, 0.717) is 0 Å². The van der Waals surface area contributed by atoms with Crippen LogP contribution in [0.25, 0.3) is 0 Å². The third kappa shape index (κ3) is 1.99. The van der Waals surface area contributed by atoms with Crippen LogP contribution in [0.5, 0.6) is 0 Å². The molecule has 1 atom stereocenters. The lowest BCUT2D eigenvalue weighted by atomic mass is 10.0. The van der Waals surface area contributed by atoms with Gasteiger partial charge in [0.25, 0.3) is 0 Å². The molecule has 0 saturated heterocycles. The van der Waals surface area contributed by atoms with Crippen molar-refractivity contribution in [3.05, 3.63) is 52.8 Å². The molecule has 1 heterocycles. The van der Waals surface area contributed by atoms with Gasteiger partial charge < -0.3 is 5.73 Å². The van der Waals surface area contributed by atoms with Crippen molar-refractivity contribution in [3.8, 4) is 0 Å². The first kappa shape index (κ1) is 10.9. The van der Waals surface area contributed by atoms with Crippen LogP contribution in [-0.4, -0.2) is 9.78 Å². The molecule has 16 heavy (non-hydrogen) atoms. The molecule has 0 bridgehead atoms. The van der Waals surface area contributed by atoms with E-state index in [4.69, 9.17) is 5.73 Å².